The van der Waals surface area contributed by atoms with Gasteiger partial charge in [0.2, 0.25) is 0 Å². The molecular weight excluding hydrogens is 138 g/mol. The predicted molar refractivity (Wildman–Crippen MR) is 45.4 cm³/mol. The van der Waals surface area contributed by atoms with Crippen LogP contribution in [0.3, 0.4) is 0 Å². The lowest BCUT2D eigenvalue weighted by Gasteiger charge is -2.19. The Morgan fingerprint density at radius 3 is 2.18 bits per heavy atom. The molecule has 0 aliphatic carbocycles. The van der Waals surface area contributed by atoms with Crippen LogP contribution in [-0.2, 0) is 0 Å². The number of aliphatic hydroxyl groups excluding tert-OH is 1. The highest BCUT2D eigenvalue weighted by Crippen LogP contribution is 2.16. The van der Waals surface area contributed by atoms with Crippen molar-refractivity contribution in [1.29, 1.82) is 0 Å². The van der Waals surface area contributed by atoms with Crippen molar-refractivity contribution in [3.05, 3.63) is 24.5 Å². The molecule has 1 heterocycles. The van der Waals surface area contributed by atoms with E-state index >= 15 is 0 Å². The summed E-state index contributed by atoms with van der Waals surface area (Å²) < 4.78 is 2.05. The first-order valence-electron chi connectivity index (χ1n) is 3.99. The summed E-state index contributed by atoms with van der Waals surface area (Å²) in [6.45, 7) is 4.44. The van der Waals surface area contributed by atoms with E-state index in [1.165, 1.54) is 0 Å². The second-order valence-electron chi connectivity index (χ2n) is 3.12. The molecule has 0 unspecified atom stereocenters. The number of aliphatic hydroxyl groups is 1. The third-order valence-electron chi connectivity index (χ3n) is 1.97. The summed E-state index contributed by atoms with van der Waals surface area (Å²) in [7, 11) is 0. The number of rotatable bonds is 3. The van der Waals surface area contributed by atoms with Crippen molar-refractivity contribution in [2.75, 3.05) is 6.61 Å². The Kier molecular flexibility index (Phi) is 2.71. The summed E-state index contributed by atoms with van der Waals surface area (Å²) in [4.78, 5) is 0. The van der Waals surface area contributed by atoms with Crippen LogP contribution in [0, 0.1) is 5.92 Å². The van der Waals surface area contributed by atoms with E-state index in [-0.39, 0.29) is 12.6 Å². The van der Waals surface area contributed by atoms with E-state index < -0.39 is 0 Å². The maximum Gasteiger partial charge on any atom is 0.0641 e. The topological polar surface area (TPSA) is 25.2 Å². The van der Waals surface area contributed by atoms with Crippen LogP contribution in [0.15, 0.2) is 24.5 Å². The van der Waals surface area contributed by atoms with Gasteiger partial charge in [-0.2, -0.15) is 0 Å². The van der Waals surface area contributed by atoms with Crippen LogP contribution in [0.5, 0.6) is 0 Å². The van der Waals surface area contributed by atoms with Crippen molar-refractivity contribution in [3.8, 4) is 0 Å². The molecule has 1 aromatic rings. The molecule has 2 heteroatoms. The molecule has 0 aromatic carbocycles. The maximum atomic E-state index is 9.05. The van der Waals surface area contributed by atoms with E-state index in [1.54, 1.807) is 0 Å². The smallest absolute Gasteiger partial charge is 0.0641 e. The minimum Gasteiger partial charge on any atom is -0.394 e. The molecule has 0 fully saturated rings. The summed E-state index contributed by atoms with van der Waals surface area (Å²) in [5.74, 6) is 0.479. The summed E-state index contributed by atoms with van der Waals surface area (Å²) >= 11 is 0. The lowest BCUT2D eigenvalue weighted by Crippen LogP contribution is -2.17. The Bertz CT molecular complexity index is 191. The van der Waals surface area contributed by atoms with Gasteiger partial charge in [0, 0.05) is 12.4 Å². The molecule has 62 valence electrons. The van der Waals surface area contributed by atoms with Crippen molar-refractivity contribution >= 4 is 0 Å². The third-order valence-corrected chi connectivity index (χ3v) is 1.97. The SMILES string of the molecule is CC(C)[C@@H](CO)n1cccc1. The minimum absolute atomic E-state index is 0.215. The van der Waals surface area contributed by atoms with Crippen LogP contribution in [0.1, 0.15) is 19.9 Å². The Hall–Kier alpha value is -0.760. The van der Waals surface area contributed by atoms with Crippen LogP contribution >= 0.6 is 0 Å². The first-order valence-corrected chi connectivity index (χ1v) is 3.99. The van der Waals surface area contributed by atoms with Gasteiger partial charge in [0.05, 0.1) is 12.6 Å². The van der Waals surface area contributed by atoms with Crippen LogP contribution in [-0.4, -0.2) is 16.3 Å². The Balaban J connectivity index is 2.71. The quantitative estimate of drug-likeness (QED) is 0.702. The zero-order valence-corrected chi connectivity index (χ0v) is 7.07. The van der Waals surface area contributed by atoms with Gasteiger partial charge < -0.3 is 9.67 Å². The normalized spacial score (nSPS) is 13.8. The van der Waals surface area contributed by atoms with Crippen LogP contribution in [0.2, 0.25) is 0 Å². The Morgan fingerprint density at radius 1 is 1.27 bits per heavy atom. The van der Waals surface area contributed by atoms with E-state index in [2.05, 4.69) is 13.8 Å². The predicted octanol–water partition coefficient (Wildman–Crippen LogP) is 1.68. The summed E-state index contributed by atoms with van der Waals surface area (Å²) in [6, 6.07) is 4.18. The van der Waals surface area contributed by atoms with Gasteiger partial charge in [0.25, 0.3) is 0 Å². The molecule has 0 bridgehead atoms. The largest absolute Gasteiger partial charge is 0.394 e. The zero-order chi connectivity index (χ0) is 8.27. The third kappa shape index (κ3) is 1.84. The molecule has 1 atom stereocenters. The fourth-order valence-electron chi connectivity index (χ4n) is 1.22. The minimum atomic E-state index is 0.215. The van der Waals surface area contributed by atoms with Crippen LogP contribution in [0.25, 0.3) is 0 Å². The molecule has 0 aliphatic rings. The lowest BCUT2D eigenvalue weighted by molar-refractivity contribution is 0.193. The highest BCUT2D eigenvalue weighted by molar-refractivity contribution is 4.93. The molecule has 0 saturated heterocycles. The van der Waals surface area contributed by atoms with E-state index in [0.29, 0.717) is 5.92 Å². The Labute approximate surface area is 67.5 Å². The number of nitrogens with zero attached hydrogens (tertiary/aromatic N) is 1. The van der Waals surface area contributed by atoms with E-state index in [9.17, 15) is 0 Å². The highest BCUT2D eigenvalue weighted by atomic mass is 16.3. The van der Waals surface area contributed by atoms with Crippen molar-refractivity contribution in [1.82, 2.24) is 4.57 Å². The second-order valence-corrected chi connectivity index (χ2v) is 3.12. The lowest BCUT2D eigenvalue weighted by atomic mass is 10.1. The van der Waals surface area contributed by atoms with Crippen molar-refractivity contribution in [3.63, 3.8) is 0 Å². The van der Waals surface area contributed by atoms with E-state index in [0.717, 1.165) is 0 Å². The average Bonchev–Trinajstić information content (AvgIpc) is 2.40. The summed E-state index contributed by atoms with van der Waals surface area (Å²) in [6.07, 6.45) is 3.97. The standard InChI is InChI=1S/C9H15NO/c1-8(2)9(7-11)10-5-3-4-6-10/h3-6,8-9,11H,7H2,1-2H3/t9-/m1/s1. The molecule has 1 aromatic heterocycles. The van der Waals surface area contributed by atoms with E-state index in [4.69, 9.17) is 5.11 Å². The van der Waals surface area contributed by atoms with Crippen molar-refractivity contribution in [2.24, 2.45) is 5.92 Å². The van der Waals surface area contributed by atoms with Gasteiger partial charge in [-0.1, -0.05) is 13.8 Å². The highest BCUT2D eigenvalue weighted by Gasteiger charge is 2.11. The van der Waals surface area contributed by atoms with Gasteiger partial charge in [-0.25, -0.2) is 0 Å². The van der Waals surface area contributed by atoms with E-state index in [1.807, 2.05) is 29.1 Å². The molecule has 0 spiro atoms. The van der Waals surface area contributed by atoms with Gasteiger partial charge in [0.15, 0.2) is 0 Å². The zero-order valence-electron chi connectivity index (χ0n) is 7.07. The van der Waals surface area contributed by atoms with Crippen molar-refractivity contribution in [2.45, 2.75) is 19.9 Å². The molecule has 0 amide bonds. The maximum absolute atomic E-state index is 9.05. The Morgan fingerprint density at radius 2 is 1.82 bits per heavy atom. The summed E-state index contributed by atoms with van der Waals surface area (Å²) in [5, 5.41) is 9.05. The molecule has 0 aliphatic heterocycles. The second kappa shape index (κ2) is 3.58. The fourth-order valence-corrected chi connectivity index (χ4v) is 1.22. The first-order chi connectivity index (χ1) is 5.25. The fraction of sp³-hybridized carbons (Fsp3) is 0.556. The van der Waals surface area contributed by atoms with Crippen LogP contribution < -0.4 is 0 Å². The molecule has 2 nitrogen and oxygen atoms in total. The monoisotopic (exact) mass is 153 g/mol. The van der Waals surface area contributed by atoms with Gasteiger partial charge in [-0.05, 0) is 18.1 Å². The molecule has 0 saturated carbocycles. The molecule has 0 radical (unpaired) electrons. The van der Waals surface area contributed by atoms with Gasteiger partial charge in [-0.15, -0.1) is 0 Å². The number of aromatic nitrogens is 1. The molecule has 1 rings (SSSR count). The van der Waals surface area contributed by atoms with Gasteiger partial charge in [-0.3, -0.25) is 0 Å². The molecule has 1 N–H and O–H groups in total. The van der Waals surface area contributed by atoms with Crippen molar-refractivity contribution < 1.29 is 5.11 Å². The first kappa shape index (κ1) is 8.34. The molecule has 11 heavy (non-hydrogen) atoms. The number of hydrogen-bond donors (Lipinski definition) is 1. The van der Waals surface area contributed by atoms with Gasteiger partial charge >= 0.3 is 0 Å². The molecular formula is C9H15NO. The average molecular weight is 153 g/mol. The number of hydrogen-bond acceptors (Lipinski definition) is 1. The van der Waals surface area contributed by atoms with Crippen LogP contribution in [0.4, 0.5) is 0 Å². The summed E-state index contributed by atoms with van der Waals surface area (Å²) in [5.41, 5.74) is 0. The van der Waals surface area contributed by atoms with Gasteiger partial charge in [0.1, 0.15) is 0 Å².